The molecule has 1 unspecified atom stereocenters. The largest absolute Gasteiger partial charge is 0.496 e. The molecule has 0 saturated carbocycles. The lowest BCUT2D eigenvalue weighted by Gasteiger charge is -2.26. The Labute approximate surface area is 130 Å². The van der Waals surface area contributed by atoms with Crippen LogP contribution in [0.4, 0.5) is 0 Å². The summed E-state index contributed by atoms with van der Waals surface area (Å²) in [6.07, 6.45) is 1.10. The van der Waals surface area contributed by atoms with E-state index >= 15 is 0 Å². The quantitative estimate of drug-likeness (QED) is 0.944. The Morgan fingerprint density at radius 2 is 2.00 bits per heavy atom. The molecule has 0 radical (unpaired) electrons. The Hall–Kier alpha value is -2.49. The van der Waals surface area contributed by atoms with Crippen LogP contribution in [0.3, 0.4) is 0 Å². The standard InChI is InChI=1S/C18H19NO3/c1-21-16-8-4-2-6-13(16)12-18(20)19-15-10-11-22-17-9-5-3-7-14(15)17/h2-9,15H,10-12H2,1H3,(H,19,20). The lowest BCUT2D eigenvalue weighted by molar-refractivity contribution is -0.121. The third-order valence-corrected chi connectivity index (χ3v) is 3.84. The number of carbonyl (C=O) groups is 1. The molecule has 1 atom stereocenters. The minimum atomic E-state index is -0.00815. The van der Waals surface area contributed by atoms with Crippen molar-refractivity contribution in [2.45, 2.75) is 18.9 Å². The normalized spacial score (nSPS) is 16.3. The van der Waals surface area contributed by atoms with Gasteiger partial charge in [0.1, 0.15) is 11.5 Å². The summed E-state index contributed by atoms with van der Waals surface area (Å²) in [6, 6.07) is 15.4. The summed E-state index contributed by atoms with van der Waals surface area (Å²) in [5, 5.41) is 3.10. The zero-order valence-corrected chi connectivity index (χ0v) is 12.5. The molecule has 4 nitrogen and oxygen atoms in total. The van der Waals surface area contributed by atoms with Gasteiger partial charge >= 0.3 is 0 Å². The van der Waals surface area contributed by atoms with E-state index in [4.69, 9.17) is 9.47 Å². The number of ether oxygens (including phenoxy) is 2. The van der Waals surface area contributed by atoms with Crippen LogP contribution >= 0.6 is 0 Å². The molecular weight excluding hydrogens is 278 g/mol. The molecule has 0 fully saturated rings. The monoisotopic (exact) mass is 297 g/mol. The topological polar surface area (TPSA) is 47.6 Å². The number of rotatable bonds is 4. The average Bonchev–Trinajstić information content (AvgIpc) is 2.55. The van der Waals surface area contributed by atoms with Gasteiger partial charge in [-0.05, 0) is 12.1 Å². The van der Waals surface area contributed by atoms with Gasteiger partial charge in [-0.2, -0.15) is 0 Å². The number of benzene rings is 2. The smallest absolute Gasteiger partial charge is 0.225 e. The van der Waals surface area contributed by atoms with E-state index in [0.29, 0.717) is 13.0 Å². The maximum Gasteiger partial charge on any atom is 0.225 e. The molecule has 114 valence electrons. The molecule has 0 spiro atoms. The minimum absolute atomic E-state index is 0.00663. The fraction of sp³-hybridized carbons (Fsp3) is 0.278. The molecule has 3 rings (SSSR count). The fourth-order valence-corrected chi connectivity index (χ4v) is 2.76. The van der Waals surface area contributed by atoms with E-state index in [9.17, 15) is 4.79 Å². The molecule has 0 aliphatic carbocycles. The van der Waals surface area contributed by atoms with Gasteiger partial charge in [-0.25, -0.2) is 0 Å². The molecule has 1 aliphatic heterocycles. The van der Waals surface area contributed by atoms with Crippen LogP contribution in [0.25, 0.3) is 0 Å². The molecule has 0 aromatic heterocycles. The minimum Gasteiger partial charge on any atom is -0.496 e. The first kappa shape index (κ1) is 14.4. The number of fused-ring (bicyclic) bond motifs is 1. The van der Waals surface area contributed by atoms with Crippen molar-refractivity contribution >= 4 is 5.91 Å². The Kier molecular flexibility index (Phi) is 4.28. The number of carbonyl (C=O) groups excluding carboxylic acids is 1. The second-order valence-corrected chi connectivity index (χ2v) is 5.28. The molecule has 1 N–H and O–H groups in total. The van der Waals surface area contributed by atoms with Crippen molar-refractivity contribution in [2.24, 2.45) is 0 Å². The Morgan fingerprint density at radius 3 is 2.86 bits per heavy atom. The third kappa shape index (κ3) is 3.06. The SMILES string of the molecule is COc1ccccc1CC(=O)NC1CCOc2ccccc21. The zero-order valence-electron chi connectivity index (χ0n) is 12.5. The molecule has 2 aromatic rings. The number of methoxy groups -OCH3 is 1. The van der Waals surface area contributed by atoms with Crippen molar-refractivity contribution in [1.82, 2.24) is 5.32 Å². The maximum atomic E-state index is 12.4. The number of hydrogen-bond donors (Lipinski definition) is 1. The molecule has 1 heterocycles. The summed E-state index contributed by atoms with van der Waals surface area (Å²) < 4.78 is 10.9. The van der Waals surface area contributed by atoms with Gasteiger partial charge in [0.05, 0.1) is 26.2 Å². The number of para-hydroxylation sites is 2. The first-order chi connectivity index (χ1) is 10.8. The summed E-state index contributed by atoms with van der Waals surface area (Å²) in [4.78, 5) is 12.4. The van der Waals surface area contributed by atoms with E-state index in [0.717, 1.165) is 29.0 Å². The first-order valence-electron chi connectivity index (χ1n) is 7.41. The van der Waals surface area contributed by atoms with Gasteiger partial charge in [-0.3, -0.25) is 4.79 Å². The van der Waals surface area contributed by atoms with Gasteiger partial charge in [0.25, 0.3) is 0 Å². The van der Waals surface area contributed by atoms with Crippen LogP contribution in [0.15, 0.2) is 48.5 Å². The maximum absolute atomic E-state index is 12.4. The van der Waals surface area contributed by atoms with Gasteiger partial charge in [-0.1, -0.05) is 36.4 Å². The van der Waals surface area contributed by atoms with Gasteiger partial charge < -0.3 is 14.8 Å². The van der Waals surface area contributed by atoms with Crippen molar-refractivity contribution in [3.8, 4) is 11.5 Å². The highest BCUT2D eigenvalue weighted by molar-refractivity contribution is 5.80. The van der Waals surface area contributed by atoms with Crippen LogP contribution in [0.1, 0.15) is 23.6 Å². The third-order valence-electron chi connectivity index (χ3n) is 3.84. The van der Waals surface area contributed by atoms with Crippen LogP contribution in [0, 0.1) is 0 Å². The molecule has 1 aliphatic rings. The summed E-state index contributed by atoms with van der Waals surface area (Å²) in [5.74, 6) is 1.59. The number of amides is 1. The highest BCUT2D eigenvalue weighted by Crippen LogP contribution is 2.31. The summed E-state index contributed by atoms with van der Waals surface area (Å²) in [5.41, 5.74) is 1.94. The van der Waals surface area contributed by atoms with Crippen LogP contribution in [0.5, 0.6) is 11.5 Å². The molecule has 0 bridgehead atoms. The van der Waals surface area contributed by atoms with E-state index in [1.807, 2.05) is 48.5 Å². The van der Waals surface area contributed by atoms with Gasteiger partial charge in [-0.15, -0.1) is 0 Å². The van der Waals surface area contributed by atoms with E-state index in [2.05, 4.69) is 5.32 Å². The molecule has 2 aromatic carbocycles. The van der Waals surface area contributed by atoms with E-state index in [1.54, 1.807) is 7.11 Å². The van der Waals surface area contributed by atoms with Gasteiger partial charge in [0.2, 0.25) is 5.91 Å². The van der Waals surface area contributed by atoms with Crippen LogP contribution in [-0.4, -0.2) is 19.6 Å². The Balaban J connectivity index is 1.70. The van der Waals surface area contributed by atoms with Crippen molar-refractivity contribution in [3.05, 3.63) is 59.7 Å². The second-order valence-electron chi connectivity index (χ2n) is 5.28. The molecule has 4 heteroatoms. The fourth-order valence-electron chi connectivity index (χ4n) is 2.76. The lowest BCUT2D eigenvalue weighted by Crippen LogP contribution is -2.33. The van der Waals surface area contributed by atoms with E-state index in [-0.39, 0.29) is 11.9 Å². The second kappa shape index (κ2) is 6.52. The van der Waals surface area contributed by atoms with Gasteiger partial charge in [0.15, 0.2) is 0 Å². The van der Waals surface area contributed by atoms with Crippen LogP contribution < -0.4 is 14.8 Å². The first-order valence-corrected chi connectivity index (χ1v) is 7.41. The number of nitrogens with one attached hydrogen (secondary N) is 1. The summed E-state index contributed by atoms with van der Waals surface area (Å²) in [6.45, 7) is 0.622. The Bertz CT molecular complexity index is 669. The molecule has 22 heavy (non-hydrogen) atoms. The highest BCUT2D eigenvalue weighted by atomic mass is 16.5. The average molecular weight is 297 g/mol. The van der Waals surface area contributed by atoms with Crippen molar-refractivity contribution < 1.29 is 14.3 Å². The van der Waals surface area contributed by atoms with Crippen LogP contribution in [0.2, 0.25) is 0 Å². The van der Waals surface area contributed by atoms with Gasteiger partial charge in [0, 0.05) is 17.5 Å². The van der Waals surface area contributed by atoms with Crippen LogP contribution in [-0.2, 0) is 11.2 Å². The summed E-state index contributed by atoms with van der Waals surface area (Å²) >= 11 is 0. The highest BCUT2D eigenvalue weighted by Gasteiger charge is 2.22. The van der Waals surface area contributed by atoms with Crippen molar-refractivity contribution in [3.63, 3.8) is 0 Å². The molecule has 1 amide bonds. The summed E-state index contributed by atoms with van der Waals surface area (Å²) in [7, 11) is 1.62. The number of hydrogen-bond acceptors (Lipinski definition) is 3. The van der Waals surface area contributed by atoms with Crippen molar-refractivity contribution in [2.75, 3.05) is 13.7 Å². The van der Waals surface area contributed by atoms with E-state index < -0.39 is 0 Å². The lowest BCUT2D eigenvalue weighted by atomic mass is 10.00. The van der Waals surface area contributed by atoms with E-state index in [1.165, 1.54) is 0 Å². The Morgan fingerprint density at radius 1 is 1.23 bits per heavy atom. The zero-order chi connectivity index (χ0) is 15.4. The molecule has 0 saturated heterocycles. The molecular formula is C18H19NO3. The predicted octanol–water partition coefficient (Wildman–Crippen LogP) is 2.88. The van der Waals surface area contributed by atoms with Crippen molar-refractivity contribution in [1.29, 1.82) is 0 Å². The predicted molar refractivity (Wildman–Crippen MR) is 84.1 cm³/mol.